The van der Waals surface area contributed by atoms with Crippen LogP contribution in [0.3, 0.4) is 0 Å². The first-order valence-electron chi connectivity index (χ1n) is 8.61. The van der Waals surface area contributed by atoms with Crippen LogP contribution in [-0.4, -0.2) is 27.6 Å². The Morgan fingerprint density at radius 1 is 1.29 bits per heavy atom. The first-order valence-corrected chi connectivity index (χ1v) is 8.61. The van der Waals surface area contributed by atoms with Crippen molar-refractivity contribution in [3.8, 4) is 0 Å². The average molecular weight is 334 g/mol. The highest BCUT2D eigenvalue weighted by Gasteiger charge is 2.49. The minimum absolute atomic E-state index is 0.115. The SMILES string of the molecule is CCCCCC1=C(C)[C@](O)(C=CC(C)=CC(=O)O)C(C)(C)CC1=O. The monoisotopic (exact) mass is 334 g/mol. The van der Waals surface area contributed by atoms with E-state index in [2.05, 4.69) is 6.92 Å². The van der Waals surface area contributed by atoms with Crippen LogP contribution in [0, 0.1) is 5.41 Å². The Hall–Kier alpha value is -1.68. The van der Waals surface area contributed by atoms with Crippen LogP contribution in [0.4, 0.5) is 0 Å². The molecule has 1 aliphatic carbocycles. The number of unbranched alkanes of at least 4 members (excludes halogenated alkanes) is 2. The van der Waals surface area contributed by atoms with Gasteiger partial charge in [-0.05, 0) is 49.5 Å². The van der Waals surface area contributed by atoms with Gasteiger partial charge in [0.2, 0.25) is 0 Å². The van der Waals surface area contributed by atoms with Crippen LogP contribution in [0.1, 0.15) is 66.7 Å². The van der Waals surface area contributed by atoms with Gasteiger partial charge in [0.15, 0.2) is 5.78 Å². The molecule has 0 radical (unpaired) electrons. The van der Waals surface area contributed by atoms with Crippen molar-refractivity contribution in [2.75, 3.05) is 0 Å². The lowest BCUT2D eigenvalue weighted by atomic mass is 9.62. The molecule has 0 aliphatic heterocycles. The number of carbonyl (C=O) groups excluding carboxylic acids is 1. The fourth-order valence-electron chi connectivity index (χ4n) is 3.31. The van der Waals surface area contributed by atoms with Gasteiger partial charge in [0, 0.05) is 17.9 Å². The summed E-state index contributed by atoms with van der Waals surface area (Å²) in [5.41, 5.74) is 0.0800. The van der Waals surface area contributed by atoms with Crippen molar-refractivity contribution in [3.63, 3.8) is 0 Å². The van der Waals surface area contributed by atoms with Crippen LogP contribution in [0.15, 0.2) is 34.9 Å². The number of hydrogen-bond acceptors (Lipinski definition) is 3. The molecule has 0 aromatic rings. The summed E-state index contributed by atoms with van der Waals surface area (Å²) in [6, 6.07) is 0. The Kier molecular flexibility index (Phi) is 6.73. The van der Waals surface area contributed by atoms with Crippen LogP contribution in [0.2, 0.25) is 0 Å². The van der Waals surface area contributed by atoms with Gasteiger partial charge in [-0.1, -0.05) is 39.7 Å². The number of hydrogen-bond donors (Lipinski definition) is 2. The molecular formula is C20H30O4. The normalized spacial score (nSPS) is 24.8. The molecule has 0 aromatic carbocycles. The molecule has 4 heteroatoms. The van der Waals surface area contributed by atoms with Gasteiger partial charge < -0.3 is 10.2 Å². The highest BCUT2D eigenvalue weighted by molar-refractivity contribution is 5.98. The van der Waals surface area contributed by atoms with E-state index >= 15 is 0 Å². The number of carboxylic acids is 1. The van der Waals surface area contributed by atoms with Gasteiger partial charge >= 0.3 is 5.97 Å². The second-order valence-corrected chi connectivity index (χ2v) is 7.37. The van der Waals surface area contributed by atoms with Crippen molar-refractivity contribution in [2.24, 2.45) is 5.41 Å². The third-order valence-corrected chi connectivity index (χ3v) is 4.96. The molecule has 0 saturated heterocycles. The van der Waals surface area contributed by atoms with Gasteiger partial charge in [0.25, 0.3) is 0 Å². The zero-order valence-electron chi connectivity index (χ0n) is 15.5. The molecule has 0 heterocycles. The smallest absolute Gasteiger partial charge is 0.328 e. The van der Waals surface area contributed by atoms with Gasteiger partial charge in [-0.15, -0.1) is 0 Å². The van der Waals surface area contributed by atoms with E-state index < -0.39 is 17.0 Å². The lowest BCUT2D eigenvalue weighted by molar-refractivity contribution is -0.131. The maximum Gasteiger partial charge on any atom is 0.328 e. The standard InChI is InChI=1S/C20H30O4/c1-6-7-8-9-16-15(3)20(24,19(4,5)13-17(16)21)11-10-14(2)12-18(22)23/h10-12,24H,6-9,13H2,1-5H3,(H,22,23)/t20-/m1/s1. The first-order chi connectivity index (χ1) is 11.0. The van der Waals surface area contributed by atoms with E-state index in [1.54, 1.807) is 19.1 Å². The number of ketones is 1. The van der Waals surface area contributed by atoms with Gasteiger partial charge in [-0.2, -0.15) is 0 Å². The van der Waals surface area contributed by atoms with Crippen molar-refractivity contribution in [1.29, 1.82) is 0 Å². The van der Waals surface area contributed by atoms with Gasteiger partial charge in [0.05, 0.1) is 0 Å². The minimum atomic E-state index is -1.25. The number of Topliss-reactive ketones (excluding diaryl/α,β-unsaturated/α-hetero) is 1. The summed E-state index contributed by atoms with van der Waals surface area (Å²) in [6.45, 7) is 9.36. The Morgan fingerprint density at radius 2 is 1.92 bits per heavy atom. The lowest BCUT2D eigenvalue weighted by Gasteiger charge is -2.46. The van der Waals surface area contributed by atoms with Crippen LogP contribution in [0.5, 0.6) is 0 Å². The number of aliphatic hydroxyl groups is 1. The number of aliphatic carboxylic acids is 1. The van der Waals surface area contributed by atoms with Crippen molar-refractivity contribution in [2.45, 2.75) is 72.3 Å². The van der Waals surface area contributed by atoms with E-state index in [1.165, 1.54) is 0 Å². The summed E-state index contributed by atoms with van der Waals surface area (Å²) in [5, 5.41) is 20.1. The largest absolute Gasteiger partial charge is 0.478 e. The molecule has 0 spiro atoms. The Labute approximate surface area is 145 Å². The number of allylic oxidation sites excluding steroid dienone is 3. The number of rotatable bonds is 7. The molecular weight excluding hydrogens is 304 g/mol. The van der Waals surface area contributed by atoms with Gasteiger partial charge in [-0.3, -0.25) is 4.79 Å². The van der Waals surface area contributed by atoms with Crippen LogP contribution in [-0.2, 0) is 9.59 Å². The molecule has 0 unspecified atom stereocenters. The zero-order chi connectivity index (χ0) is 18.5. The second-order valence-electron chi connectivity index (χ2n) is 7.37. The van der Waals surface area contributed by atoms with E-state index in [9.17, 15) is 14.7 Å². The molecule has 2 N–H and O–H groups in total. The highest BCUT2D eigenvalue weighted by atomic mass is 16.4. The molecule has 4 nitrogen and oxygen atoms in total. The number of carboxylic acid groups (broad SMARTS) is 1. The molecule has 0 bridgehead atoms. The molecule has 1 aliphatic rings. The Balaban J connectivity index is 3.25. The summed E-state index contributed by atoms with van der Waals surface area (Å²) in [7, 11) is 0. The van der Waals surface area contributed by atoms with E-state index in [-0.39, 0.29) is 12.2 Å². The summed E-state index contributed by atoms with van der Waals surface area (Å²) in [5.74, 6) is -0.904. The van der Waals surface area contributed by atoms with E-state index in [0.717, 1.165) is 30.9 Å². The van der Waals surface area contributed by atoms with Crippen molar-refractivity contribution in [1.82, 2.24) is 0 Å². The lowest BCUT2D eigenvalue weighted by Crippen LogP contribution is -2.49. The predicted octanol–water partition coefficient (Wildman–Crippen LogP) is 4.20. The summed E-state index contributed by atoms with van der Waals surface area (Å²) < 4.78 is 0. The van der Waals surface area contributed by atoms with E-state index in [0.29, 0.717) is 17.6 Å². The molecule has 0 saturated carbocycles. The molecule has 1 rings (SSSR count). The molecule has 1 atom stereocenters. The fraction of sp³-hybridized carbons (Fsp3) is 0.600. The quantitative estimate of drug-likeness (QED) is 0.416. The van der Waals surface area contributed by atoms with E-state index in [4.69, 9.17) is 5.11 Å². The summed E-state index contributed by atoms with van der Waals surface area (Å²) in [6.07, 6.45) is 8.41. The van der Waals surface area contributed by atoms with E-state index in [1.807, 2.05) is 20.8 Å². The third-order valence-electron chi connectivity index (χ3n) is 4.96. The zero-order valence-corrected chi connectivity index (χ0v) is 15.5. The second kappa shape index (κ2) is 7.93. The minimum Gasteiger partial charge on any atom is -0.478 e. The topological polar surface area (TPSA) is 74.6 Å². The Bertz CT molecular complexity index is 593. The molecule has 0 fully saturated rings. The van der Waals surface area contributed by atoms with Crippen LogP contribution < -0.4 is 0 Å². The third kappa shape index (κ3) is 4.44. The number of carbonyl (C=O) groups is 2. The average Bonchev–Trinajstić information content (AvgIpc) is 2.46. The molecule has 0 aromatic heterocycles. The summed E-state index contributed by atoms with van der Waals surface area (Å²) >= 11 is 0. The van der Waals surface area contributed by atoms with Crippen molar-refractivity contribution < 1.29 is 19.8 Å². The predicted molar refractivity (Wildman–Crippen MR) is 95.7 cm³/mol. The maximum atomic E-state index is 12.5. The Morgan fingerprint density at radius 3 is 2.46 bits per heavy atom. The van der Waals surface area contributed by atoms with Gasteiger partial charge in [-0.25, -0.2) is 4.79 Å². The molecule has 134 valence electrons. The highest BCUT2D eigenvalue weighted by Crippen LogP contribution is 2.47. The van der Waals surface area contributed by atoms with Gasteiger partial charge in [0.1, 0.15) is 5.60 Å². The maximum absolute atomic E-state index is 12.5. The molecule has 24 heavy (non-hydrogen) atoms. The fourth-order valence-corrected chi connectivity index (χ4v) is 3.31. The van der Waals surface area contributed by atoms with Crippen LogP contribution >= 0.6 is 0 Å². The van der Waals surface area contributed by atoms with Crippen molar-refractivity contribution in [3.05, 3.63) is 34.9 Å². The molecule has 0 amide bonds. The van der Waals surface area contributed by atoms with Crippen LogP contribution in [0.25, 0.3) is 0 Å². The first kappa shape index (κ1) is 20.4. The summed E-state index contributed by atoms with van der Waals surface area (Å²) in [4.78, 5) is 23.3. The van der Waals surface area contributed by atoms with Crippen molar-refractivity contribution >= 4 is 11.8 Å².